The van der Waals surface area contributed by atoms with Crippen molar-refractivity contribution in [2.24, 2.45) is 0 Å². The lowest BCUT2D eigenvalue weighted by atomic mass is 10.00. The molecule has 0 unspecified atom stereocenters. The van der Waals surface area contributed by atoms with Gasteiger partial charge in [0.15, 0.2) is 0 Å². The van der Waals surface area contributed by atoms with E-state index in [2.05, 4.69) is 17.6 Å². The fourth-order valence-corrected chi connectivity index (χ4v) is 2.41. The van der Waals surface area contributed by atoms with E-state index >= 15 is 0 Å². The summed E-state index contributed by atoms with van der Waals surface area (Å²) in [5, 5.41) is 6.19. The van der Waals surface area contributed by atoms with Crippen molar-refractivity contribution in [3.05, 3.63) is 29.8 Å². The van der Waals surface area contributed by atoms with Crippen LogP contribution in [0.1, 0.15) is 43.0 Å². The van der Waals surface area contributed by atoms with Crippen LogP contribution in [-0.4, -0.2) is 18.5 Å². The van der Waals surface area contributed by atoms with Crippen LogP contribution in [0.3, 0.4) is 0 Å². The summed E-state index contributed by atoms with van der Waals surface area (Å²) in [5.41, 5.74) is 1.75. The maximum absolute atomic E-state index is 12.1. The summed E-state index contributed by atoms with van der Waals surface area (Å²) in [5.74, 6) is 0.0389. The van der Waals surface area contributed by atoms with E-state index in [1.807, 2.05) is 31.3 Å². The summed E-state index contributed by atoms with van der Waals surface area (Å²) >= 11 is 0. The highest BCUT2D eigenvalue weighted by molar-refractivity contribution is 5.95. The summed E-state index contributed by atoms with van der Waals surface area (Å²) in [6.07, 6.45) is 4.62. The van der Waals surface area contributed by atoms with E-state index < -0.39 is 0 Å². The third kappa shape index (κ3) is 2.78. The molecule has 0 bridgehead atoms. The lowest BCUT2D eigenvalue weighted by molar-refractivity contribution is 0.0908. The van der Waals surface area contributed by atoms with Gasteiger partial charge in [-0.25, -0.2) is 0 Å². The quantitative estimate of drug-likeness (QED) is 0.841. The highest BCUT2D eigenvalue weighted by Crippen LogP contribution is 2.29. The number of nitrogens with one attached hydrogen (secondary N) is 2. The Hall–Kier alpha value is -1.51. The smallest absolute Gasteiger partial charge is 0.251 e. The van der Waals surface area contributed by atoms with Gasteiger partial charge in [0.25, 0.3) is 5.91 Å². The average molecular weight is 232 g/mol. The Kier molecular flexibility index (Phi) is 3.36. The molecule has 3 heteroatoms. The van der Waals surface area contributed by atoms with Crippen molar-refractivity contribution in [1.82, 2.24) is 5.32 Å². The van der Waals surface area contributed by atoms with E-state index in [-0.39, 0.29) is 11.4 Å². The monoisotopic (exact) mass is 232 g/mol. The molecule has 0 aromatic heterocycles. The minimum absolute atomic E-state index is 0.00123. The number of carbonyl (C=O) groups excluding carboxylic acids is 1. The van der Waals surface area contributed by atoms with Crippen molar-refractivity contribution in [3.8, 4) is 0 Å². The summed E-state index contributed by atoms with van der Waals surface area (Å²) in [6.45, 7) is 2.14. The van der Waals surface area contributed by atoms with Crippen molar-refractivity contribution in [2.75, 3.05) is 12.4 Å². The number of carbonyl (C=O) groups is 1. The van der Waals surface area contributed by atoms with Gasteiger partial charge < -0.3 is 10.6 Å². The van der Waals surface area contributed by atoms with E-state index in [1.54, 1.807) is 0 Å². The Balaban J connectivity index is 2.03. The van der Waals surface area contributed by atoms with Crippen LogP contribution < -0.4 is 10.6 Å². The standard InChI is InChI=1S/C14H20N2O/c1-14(9-3-4-10-14)16-13(17)11-5-7-12(15-2)8-6-11/h5-8,15H,3-4,9-10H2,1-2H3,(H,16,17). The Bertz CT molecular complexity index is 391. The second-order valence-corrected chi connectivity index (χ2v) is 5.05. The fraction of sp³-hybridized carbons (Fsp3) is 0.500. The van der Waals surface area contributed by atoms with Gasteiger partial charge in [0.2, 0.25) is 0 Å². The van der Waals surface area contributed by atoms with Gasteiger partial charge in [0, 0.05) is 23.8 Å². The Morgan fingerprint density at radius 1 is 1.18 bits per heavy atom. The van der Waals surface area contributed by atoms with Crippen molar-refractivity contribution in [1.29, 1.82) is 0 Å². The second-order valence-electron chi connectivity index (χ2n) is 5.05. The summed E-state index contributed by atoms with van der Waals surface area (Å²) in [7, 11) is 1.87. The molecule has 1 aromatic carbocycles. The molecule has 1 aliphatic rings. The normalized spacial score (nSPS) is 17.8. The molecule has 17 heavy (non-hydrogen) atoms. The third-order valence-electron chi connectivity index (χ3n) is 3.56. The van der Waals surface area contributed by atoms with Crippen LogP contribution in [0.25, 0.3) is 0 Å². The number of rotatable bonds is 3. The number of hydrogen-bond donors (Lipinski definition) is 2. The molecular weight excluding hydrogens is 212 g/mol. The summed E-state index contributed by atoms with van der Waals surface area (Å²) in [6, 6.07) is 7.57. The zero-order chi connectivity index (χ0) is 12.3. The zero-order valence-corrected chi connectivity index (χ0v) is 10.5. The fourth-order valence-electron chi connectivity index (χ4n) is 2.41. The van der Waals surface area contributed by atoms with Gasteiger partial charge in [-0.2, -0.15) is 0 Å². The van der Waals surface area contributed by atoms with Crippen molar-refractivity contribution >= 4 is 11.6 Å². The Morgan fingerprint density at radius 3 is 2.29 bits per heavy atom. The Morgan fingerprint density at radius 2 is 1.76 bits per heavy atom. The first-order chi connectivity index (χ1) is 8.13. The van der Waals surface area contributed by atoms with Gasteiger partial charge >= 0.3 is 0 Å². The SMILES string of the molecule is CNc1ccc(C(=O)NC2(C)CCCC2)cc1. The minimum Gasteiger partial charge on any atom is -0.388 e. The predicted molar refractivity (Wildman–Crippen MR) is 70.3 cm³/mol. The maximum atomic E-state index is 12.1. The van der Waals surface area contributed by atoms with Crippen LogP contribution in [0, 0.1) is 0 Å². The molecule has 1 fully saturated rings. The van der Waals surface area contributed by atoms with E-state index in [4.69, 9.17) is 0 Å². The lowest BCUT2D eigenvalue weighted by Crippen LogP contribution is -2.43. The number of benzene rings is 1. The topological polar surface area (TPSA) is 41.1 Å². The molecule has 92 valence electrons. The van der Waals surface area contributed by atoms with Crippen molar-refractivity contribution in [2.45, 2.75) is 38.1 Å². The second kappa shape index (κ2) is 4.78. The molecule has 1 amide bonds. The van der Waals surface area contributed by atoms with Gasteiger partial charge in [0.1, 0.15) is 0 Å². The minimum atomic E-state index is -0.00123. The molecule has 3 nitrogen and oxygen atoms in total. The van der Waals surface area contributed by atoms with Gasteiger partial charge in [-0.1, -0.05) is 12.8 Å². The first-order valence-corrected chi connectivity index (χ1v) is 6.23. The van der Waals surface area contributed by atoms with Crippen molar-refractivity contribution < 1.29 is 4.79 Å². The van der Waals surface area contributed by atoms with E-state index in [9.17, 15) is 4.79 Å². The van der Waals surface area contributed by atoms with Gasteiger partial charge in [-0.3, -0.25) is 4.79 Å². The molecule has 0 heterocycles. The van der Waals surface area contributed by atoms with Gasteiger partial charge in [-0.05, 0) is 44.0 Å². The molecule has 2 rings (SSSR count). The maximum Gasteiger partial charge on any atom is 0.251 e. The molecule has 0 aliphatic heterocycles. The van der Waals surface area contributed by atoms with Crippen LogP contribution in [0.2, 0.25) is 0 Å². The van der Waals surface area contributed by atoms with Crippen molar-refractivity contribution in [3.63, 3.8) is 0 Å². The number of amides is 1. The third-order valence-corrected chi connectivity index (χ3v) is 3.56. The highest BCUT2D eigenvalue weighted by atomic mass is 16.1. The van der Waals surface area contributed by atoms with E-state index in [1.165, 1.54) is 12.8 Å². The molecule has 0 radical (unpaired) electrons. The van der Waals surface area contributed by atoms with Gasteiger partial charge in [-0.15, -0.1) is 0 Å². The largest absolute Gasteiger partial charge is 0.388 e. The lowest BCUT2D eigenvalue weighted by Gasteiger charge is -2.25. The van der Waals surface area contributed by atoms with Gasteiger partial charge in [0.05, 0.1) is 0 Å². The number of anilines is 1. The molecule has 1 aromatic rings. The van der Waals surface area contributed by atoms with Crippen LogP contribution in [0.15, 0.2) is 24.3 Å². The molecule has 0 saturated heterocycles. The average Bonchev–Trinajstić information content (AvgIpc) is 2.76. The molecule has 1 saturated carbocycles. The van der Waals surface area contributed by atoms with E-state index in [0.717, 1.165) is 24.1 Å². The first kappa shape index (κ1) is 12.0. The highest BCUT2D eigenvalue weighted by Gasteiger charge is 2.30. The van der Waals surface area contributed by atoms with Crippen LogP contribution in [-0.2, 0) is 0 Å². The number of hydrogen-bond acceptors (Lipinski definition) is 2. The molecule has 0 spiro atoms. The molecule has 0 atom stereocenters. The molecule has 2 N–H and O–H groups in total. The van der Waals surface area contributed by atoms with Crippen LogP contribution in [0.5, 0.6) is 0 Å². The Labute approximate surface area is 103 Å². The van der Waals surface area contributed by atoms with Crippen LogP contribution in [0.4, 0.5) is 5.69 Å². The summed E-state index contributed by atoms with van der Waals surface area (Å²) < 4.78 is 0. The van der Waals surface area contributed by atoms with E-state index in [0.29, 0.717) is 0 Å². The molecule has 1 aliphatic carbocycles. The zero-order valence-electron chi connectivity index (χ0n) is 10.5. The first-order valence-electron chi connectivity index (χ1n) is 6.23. The van der Waals surface area contributed by atoms with Crippen LogP contribution >= 0.6 is 0 Å². The molecular formula is C14H20N2O. The summed E-state index contributed by atoms with van der Waals surface area (Å²) in [4.78, 5) is 12.1. The predicted octanol–water partition coefficient (Wildman–Crippen LogP) is 2.79.